The summed E-state index contributed by atoms with van der Waals surface area (Å²) in [6.07, 6.45) is 0. The highest BCUT2D eigenvalue weighted by Crippen LogP contribution is 2.37. The summed E-state index contributed by atoms with van der Waals surface area (Å²) in [4.78, 5) is 48.1. The molecule has 0 radical (unpaired) electrons. The minimum Gasteiger partial charge on any atom is -0.478 e. The molecule has 0 fully saturated rings. The van der Waals surface area contributed by atoms with Gasteiger partial charge in [-0.05, 0) is 59.2 Å². The summed E-state index contributed by atoms with van der Waals surface area (Å²) in [6, 6.07) is 45.1. The topological polar surface area (TPSA) is 127 Å². The molecular formula is C40H28O8. The maximum absolute atomic E-state index is 12.4. The number of benzene rings is 6. The van der Waals surface area contributed by atoms with Crippen LogP contribution < -0.4 is 9.47 Å². The lowest BCUT2D eigenvalue weighted by molar-refractivity contribution is 0.0652. The molecule has 0 unspecified atom stereocenters. The first-order valence-electron chi connectivity index (χ1n) is 14.7. The van der Waals surface area contributed by atoms with Crippen molar-refractivity contribution in [2.75, 3.05) is 0 Å². The first-order valence-corrected chi connectivity index (χ1v) is 14.7. The number of hydrogen-bond acceptors (Lipinski definition) is 6. The van der Waals surface area contributed by atoms with Crippen molar-refractivity contribution in [3.63, 3.8) is 0 Å². The Labute approximate surface area is 276 Å². The standard InChI is InChI=1S/2C20H14O4/c21-19(23-15-9-3-1-4-10-15)17-13-7-8-14-18(17)20(22)24-16-11-5-2-6-12-16;21-19(22)16-12-11-15(13-7-3-1-4-8-13)17(18(16)20(23)24)14-9-5-2-6-10-14/h1-14H;1-12H,(H,21,22)(H,23,24). The van der Waals surface area contributed by atoms with Crippen molar-refractivity contribution in [3.8, 4) is 33.8 Å². The third-order valence-electron chi connectivity index (χ3n) is 7.07. The Balaban J connectivity index is 0.000000188. The smallest absolute Gasteiger partial charge is 0.344 e. The highest BCUT2D eigenvalue weighted by molar-refractivity contribution is 6.09. The zero-order chi connectivity index (χ0) is 33.9. The lowest BCUT2D eigenvalue weighted by atomic mass is 9.87. The quantitative estimate of drug-likeness (QED) is 0.126. The molecule has 0 bridgehead atoms. The van der Waals surface area contributed by atoms with Crippen LogP contribution in [0.25, 0.3) is 22.3 Å². The number of hydrogen-bond donors (Lipinski definition) is 2. The van der Waals surface area contributed by atoms with E-state index in [1.807, 2.05) is 48.5 Å². The maximum Gasteiger partial charge on any atom is 0.344 e. The van der Waals surface area contributed by atoms with E-state index < -0.39 is 23.9 Å². The van der Waals surface area contributed by atoms with E-state index in [1.54, 1.807) is 91.0 Å². The van der Waals surface area contributed by atoms with E-state index in [-0.39, 0.29) is 22.3 Å². The average molecular weight is 637 g/mol. The van der Waals surface area contributed by atoms with Gasteiger partial charge in [0.25, 0.3) is 0 Å². The highest BCUT2D eigenvalue weighted by atomic mass is 16.5. The van der Waals surface area contributed by atoms with E-state index in [0.29, 0.717) is 28.2 Å². The number of esters is 2. The average Bonchev–Trinajstić information content (AvgIpc) is 3.12. The summed E-state index contributed by atoms with van der Waals surface area (Å²) in [5.41, 5.74) is 2.48. The Hall–Kier alpha value is -6.80. The Morgan fingerprint density at radius 1 is 0.396 bits per heavy atom. The molecule has 0 aliphatic rings. The predicted octanol–water partition coefficient (Wildman–Crippen LogP) is 8.54. The van der Waals surface area contributed by atoms with E-state index in [2.05, 4.69) is 0 Å². The zero-order valence-electron chi connectivity index (χ0n) is 25.4. The second-order valence-electron chi connectivity index (χ2n) is 10.2. The Morgan fingerprint density at radius 2 is 0.792 bits per heavy atom. The van der Waals surface area contributed by atoms with Gasteiger partial charge in [0.05, 0.1) is 22.3 Å². The molecule has 6 rings (SSSR count). The monoisotopic (exact) mass is 636 g/mol. The molecule has 0 aliphatic carbocycles. The number of carboxylic acids is 2. The van der Waals surface area contributed by atoms with Gasteiger partial charge in [-0.1, -0.05) is 115 Å². The second-order valence-corrected chi connectivity index (χ2v) is 10.2. The minimum absolute atomic E-state index is 0.155. The van der Waals surface area contributed by atoms with Crippen LogP contribution in [-0.2, 0) is 0 Å². The van der Waals surface area contributed by atoms with Gasteiger partial charge in [-0.2, -0.15) is 0 Å². The third kappa shape index (κ3) is 7.88. The van der Waals surface area contributed by atoms with Crippen molar-refractivity contribution in [1.82, 2.24) is 0 Å². The molecule has 0 amide bonds. The van der Waals surface area contributed by atoms with Gasteiger partial charge in [0.15, 0.2) is 0 Å². The fraction of sp³-hybridized carbons (Fsp3) is 0. The molecule has 6 aromatic rings. The second kappa shape index (κ2) is 15.5. The Bertz CT molecular complexity index is 1970. The molecule has 6 aromatic carbocycles. The molecule has 48 heavy (non-hydrogen) atoms. The fourth-order valence-corrected chi connectivity index (χ4v) is 4.91. The van der Waals surface area contributed by atoms with Crippen LogP contribution >= 0.6 is 0 Å². The summed E-state index contributed by atoms with van der Waals surface area (Å²) < 4.78 is 10.6. The van der Waals surface area contributed by atoms with Crippen molar-refractivity contribution >= 4 is 23.9 Å². The summed E-state index contributed by atoms with van der Waals surface area (Å²) in [5, 5.41) is 19.0. The summed E-state index contributed by atoms with van der Waals surface area (Å²) in [5.74, 6) is -2.92. The van der Waals surface area contributed by atoms with Gasteiger partial charge >= 0.3 is 23.9 Å². The molecule has 0 saturated heterocycles. The van der Waals surface area contributed by atoms with Crippen LogP contribution in [0.3, 0.4) is 0 Å². The molecular weight excluding hydrogens is 608 g/mol. The summed E-state index contributed by atoms with van der Waals surface area (Å²) in [7, 11) is 0. The van der Waals surface area contributed by atoms with Gasteiger partial charge in [-0.25, -0.2) is 19.2 Å². The molecule has 0 aromatic heterocycles. The molecule has 8 heteroatoms. The largest absolute Gasteiger partial charge is 0.478 e. The number of rotatable bonds is 8. The van der Waals surface area contributed by atoms with Crippen LogP contribution in [-0.4, -0.2) is 34.1 Å². The van der Waals surface area contributed by atoms with Crippen LogP contribution in [0.15, 0.2) is 158 Å². The zero-order valence-corrected chi connectivity index (χ0v) is 25.4. The van der Waals surface area contributed by atoms with Gasteiger partial charge in [-0.3, -0.25) is 0 Å². The van der Waals surface area contributed by atoms with E-state index >= 15 is 0 Å². The first-order chi connectivity index (χ1) is 23.3. The Kier molecular flexibility index (Phi) is 10.5. The van der Waals surface area contributed by atoms with Crippen LogP contribution in [0, 0.1) is 0 Å². The lowest BCUT2D eigenvalue weighted by Crippen LogP contribution is -2.17. The van der Waals surface area contributed by atoms with Gasteiger partial charge in [0.2, 0.25) is 0 Å². The van der Waals surface area contributed by atoms with Gasteiger partial charge < -0.3 is 19.7 Å². The minimum atomic E-state index is -1.26. The van der Waals surface area contributed by atoms with Gasteiger partial charge in [0.1, 0.15) is 11.5 Å². The molecule has 0 heterocycles. The number of aromatic carboxylic acids is 2. The van der Waals surface area contributed by atoms with Gasteiger partial charge in [0, 0.05) is 5.56 Å². The van der Waals surface area contributed by atoms with E-state index in [4.69, 9.17) is 9.47 Å². The molecule has 0 atom stereocenters. The van der Waals surface area contributed by atoms with Crippen molar-refractivity contribution in [2.45, 2.75) is 0 Å². The fourth-order valence-electron chi connectivity index (χ4n) is 4.91. The Morgan fingerprint density at radius 3 is 1.21 bits per heavy atom. The first kappa shape index (κ1) is 32.6. The van der Waals surface area contributed by atoms with Crippen LogP contribution in [0.2, 0.25) is 0 Å². The molecule has 0 aliphatic heterocycles. The van der Waals surface area contributed by atoms with E-state index in [0.717, 1.165) is 5.56 Å². The van der Waals surface area contributed by atoms with E-state index in [9.17, 15) is 29.4 Å². The number of carbonyl (C=O) groups is 4. The number of carboxylic acid groups (broad SMARTS) is 2. The lowest BCUT2D eigenvalue weighted by Gasteiger charge is -2.15. The number of ether oxygens (including phenoxy) is 2. The summed E-state index contributed by atoms with van der Waals surface area (Å²) in [6.45, 7) is 0. The van der Waals surface area contributed by atoms with Crippen molar-refractivity contribution in [1.29, 1.82) is 0 Å². The molecule has 236 valence electrons. The predicted molar refractivity (Wildman–Crippen MR) is 180 cm³/mol. The van der Waals surface area contributed by atoms with E-state index in [1.165, 1.54) is 18.2 Å². The SMILES string of the molecule is O=C(O)c1ccc(-c2ccccc2)c(-c2ccccc2)c1C(=O)O.O=C(Oc1ccccc1)c1ccccc1C(=O)Oc1ccccc1. The van der Waals surface area contributed by atoms with Crippen LogP contribution in [0.4, 0.5) is 0 Å². The summed E-state index contributed by atoms with van der Waals surface area (Å²) >= 11 is 0. The van der Waals surface area contributed by atoms with Gasteiger partial charge in [-0.15, -0.1) is 0 Å². The molecule has 0 saturated carbocycles. The molecule has 2 N–H and O–H groups in total. The molecule has 0 spiro atoms. The van der Waals surface area contributed by atoms with Crippen molar-refractivity contribution in [2.24, 2.45) is 0 Å². The highest BCUT2D eigenvalue weighted by Gasteiger charge is 2.24. The number of para-hydroxylation sites is 2. The number of carbonyl (C=O) groups excluding carboxylic acids is 2. The van der Waals surface area contributed by atoms with Crippen LogP contribution in [0.5, 0.6) is 11.5 Å². The normalized spacial score (nSPS) is 10.2. The third-order valence-corrected chi connectivity index (χ3v) is 7.07. The van der Waals surface area contributed by atoms with Crippen molar-refractivity contribution < 1.29 is 38.9 Å². The van der Waals surface area contributed by atoms with Crippen molar-refractivity contribution in [3.05, 3.63) is 180 Å². The maximum atomic E-state index is 12.4. The molecule has 8 nitrogen and oxygen atoms in total. The van der Waals surface area contributed by atoms with Crippen LogP contribution in [0.1, 0.15) is 41.4 Å².